The first-order valence-electron chi connectivity index (χ1n) is 10.0. The van der Waals surface area contributed by atoms with Gasteiger partial charge < -0.3 is 15.4 Å². The summed E-state index contributed by atoms with van der Waals surface area (Å²) in [6.07, 6.45) is 5.33. The maximum Gasteiger partial charge on any atom is 0.262 e. The van der Waals surface area contributed by atoms with Crippen molar-refractivity contribution in [2.24, 2.45) is 5.92 Å². The zero-order valence-electron chi connectivity index (χ0n) is 16.9. The van der Waals surface area contributed by atoms with Crippen LogP contribution in [0.2, 0.25) is 5.02 Å². The number of ether oxygens (including phenoxy) is 1. The minimum atomic E-state index is -0.272. The van der Waals surface area contributed by atoms with Crippen LogP contribution in [0.15, 0.2) is 36.4 Å². The van der Waals surface area contributed by atoms with E-state index in [4.69, 9.17) is 16.3 Å². The van der Waals surface area contributed by atoms with Crippen molar-refractivity contribution < 1.29 is 14.3 Å². The maximum absolute atomic E-state index is 12.4. The topological polar surface area (TPSA) is 67.4 Å². The molecule has 154 valence electrons. The highest BCUT2D eigenvalue weighted by Gasteiger charge is 2.21. The molecule has 3 rings (SSSR count). The summed E-state index contributed by atoms with van der Waals surface area (Å²) in [5.41, 5.74) is 3.11. The maximum atomic E-state index is 12.4. The Bertz CT molecular complexity index is 868. The first-order chi connectivity index (χ1) is 13.9. The fourth-order valence-corrected chi connectivity index (χ4v) is 3.73. The number of rotatable bonds is 6. The summed E-state index contributed by atoms with van der Waals surface area (Å²) < 4.78 is 5.59. The first-order valence-corrected chi connectivity index (χ1v) is 10.4. The van der Waals surface area contributed by atoms with Crippen LogP contribution in [0, 0.1) is 19.8 Å². The Kier molecular flexibility index (Phi) is 7.15. The van der Waals surface area contributed by atoms with Crippen molar-refractivity contribution in [3.05, 3.63) is 52.5 Å². The van der Waals surface area contributed by atoms with Gasteiger partial charge in [-0.3, -0.25) is 9.59 Å². The number of hydrogen-bond donors (Lipinski definition) is 2. The Balaban J connectivity index is 1.54. The molecule has 2 aromatic rings. The molecule has 0 heterocycles. The Labute approximate surface area is 176 Å². The third kappa shape index (κ3) is 5.97. The minimum Gasteiger partial charge on any atom is -0.484 e. The molecule has 1 fully saturated rings. The van der Waals surface area contributed by atoms with Crippen molar-refractivity contribution in [3.8, 4) is 5.75 Å². The first kappa shape index (κ1) is 21.2. The number of anilines is 2. The zero-order chi connectivity index (χ0) is 20.8. The lowest BCUT2D eigenvalue weighted by molar-refractivity contribution is -0.120. The fourth-order valence-electron chi connectivity index (χ4n) is 3.62. The number of benzene rings is 2. The lowest BCUT2D eigenvalue weighted by Gasteiger charge is -2.20. The van der Waals surface area contributed by atoms with Crippen molar-refractivity contribution in [1.29, 1.82) is 0 Å². The quantitative estimate of drug-likeness (QED) is 0.656. The van der Waals surface area contributed by atoms with Crippen LogP contribution >= 0.6 is 11.6 Å². The molecule has 0 spiro atoms. The number of nitrogens with one attached hydrogen (secondary N) is 2. The van der Waals surface area contributed by atoms with Gasteiger partial charge in [0.15, 0.2) is 6.61 Å². The van der Waals surface area contributed by atoms with Crippen LogP contribution in [-0.4, -0.2) is 18.4 Å². The van der Waals surface area contributed by atoms with Crippen molar-refractivity contribution in [3.63, 3.8) is 0 Å². The SMILES string of the molecule is Cc1cc(OCC(=O)Nc2cccc(NC(=O)C3CCCCC3)c2)cc(C)c1Cl. The van der Waals surface area contributed by atoms with Gasteiger partial charge in [0.05, 0.1) is 0 Å². The Morgan fingerprint density at radius 1 is 1.00 bits per heavy atom. The van der Waals surface area contributed by atoms with E-state index in [2.05, 4.69) is 10.6 Å². The van der Waals surface area contributed by atoms with Gasteiger partial charge in [-0.25, -0.2) is 0 Å². The summed E-state index contributed by atoms with van der Waals surface area (Å²) in [7, 11) is 0. The van der Waals surface area contributed by atoms with E-state index in [9.17, 15) is 9.59 Å². The van der Waals surface area contributed by atoms with Crippen molar-refractivity contribution in [2.45, 2.75) is 46.0 Å². The number of aryl methyl sites for hydroxylation is 2. The van der Waals surface area contributed by atoms with Crippen molar-refractivity contribution in [2.75, 3.05) is 17.2 Å². The van der Waals surface area contributed by atoms with E-state index in [1.54, 1.807) is 18.2 Å². The van der Waals surface area contributed by atoms with Gasteiger partial charge in [-0.15, -0.1) is 0 Å². The van der Waals surface area contributed by atoms with E-state index < -0.39 is 0 Å². The average Bonchev–Trinajstić information content (AvgIpc) is 2.71. The third-order valence-electron chi connectivity index (χ3n) is 5.17. The molecule has 2 aromatic carbocycles. The summed E-state index contributed by atoms with van der Waals surface area (Å²) in [4.78, 5) is 24.7. The van der Waals surface area contributed by atoms with E-state index >= 15 is 0 Å². The molecule has 6 heteroatoms. The van der Waals surface area contributed by atoms with Gasteiger partial charge in [0.2, 0.25) is 5.91 Å². The molecule has 29 heavy (non-hydrogen) atoms. The molecule has 2 N–H and O–H groups in total. The number of halogens is 1. The Hall–Kier alpha value is -2.53. The standard InChI is InChI=1S/C23H27ClN2O3/c1-15-11-20(12-16(2)22(15)24)29-14-21(27)25-18-9-6-10-19(13-18)26-23(28)17-7-4-3-5-8-17/h6,9-13,17H,3-5,7-8,14H2,1-2H3,(H,25,27)(H,26,28). The second-order valence-electron chi connectivity index (χ2n) is 7.61. The third-order valence-corrected chi connectivity index (χ3v) is 5.77. The van der Waals surface area contributed by atoms with Crippen LogP contribution in [0.1, 0.15) is 43.2 Å². The lowest BCUT2D eigenvalue weighted by atomic mass is 9.88. The molecule has 1 aliphatic carbocycles. The van der Waals surface area contributed by atoms with E-state index in [0.717, 1.165) is 36.8 Å². The average molecular weight is 415 g/mol. The molecule has 2 amide bonds. The Morgan fingerprint density at radius 2 is 1.62 bits per heavy atom. The molecule has 0 atom stereocenters. The fraction of sp³-hybridized carbons (Fsp3) is 0.391. The molecule has 0 bridgehead atoms. The largest absolute Gasteiger partial charge is 0.484 e. The van der Waals surface area contributed by atoms with Crippen LogP contribution in [-0.2, 0) is 9.59 Å². The highest BCUT2D eigenvalue weighted by atomic mass is 35.5. The molecule has 0 saturated heterocycles. The molecule has 1 saturated carbocycles. The van der Waals surface area contributed by atoms with Gasteiger partial charge in [0.25, 0.3) is 5.91 Å². The molecule has 1 aliphatic rings. The van der Waals surface area contributed by atoms with Crippen LogP contribution in [0.4, 0.5) is 11.4 Å². The Morgan fingerprint density at radius 3 is 2.28 bits per heavy atom. The van der Waals surface area contributed by atoms with E-state index in [1.807, 2.05) is 32.0 Å². The van der Waals surface area contributed by atoms with E-state index in [0.29, 0.717) is 22.1 Å². The van der Waals surface area contributed by atoms with E-state index in [-0.39, 0.29) is 24.3 Å². The van der Waals surface area contributed by atoms with Gasteiger partial charge in [0, 0.05) is 22.3 Å². The van der Waals surface area contributed by atoms with Gasteiger partial charge in [-0.05, 0) is 68.1 Å². The monoisotopic (exact) mass is 414 g/mol. The van der Waals surface area contributed by atoms with Crippen LogP contribution in [0.5, 0.6) is 5.75 Å². The van der Waals surface area contributed by atoms with Gasteiger partial charge in [-0.1, -0.05) is 36.9 Å². The van der Waals surface area contributed by atoms with E-state index in [1.165, 1.54) is 6.42 Å². The molecule has 0 radical (unpaired) electrons. The second kappa shape index (κ2) is 9.79. The molecule has 0 unspecified atom stereocenters. The molecule has 5 nitrogen and oxygen atoms in total. The minimum absolute atomic E-state index is 0.0602. The number of carbonyl (C=O) groups excluding carboxylic acids is 2. The smallest absolute Gasteiger partial charge is 0.262 e. The zero-order valence-corrected chi connectivity index (χ0v) is 17.6. The second-order valence-corrected chi connectivity index (χ2v) is 7.99. The van der Waals surface area contributed by atoms with Gasteiger partial charge in [0.1, 0.15) is 5.75 Å². The normalized spacial score (nSPS) is 14.3. The number of hydrogen-bond acceptors (Lipinski definition) is 3. The predicted molar refractivity (Wildman–Crippen MR) is 117 cm³/mol. The predicted octanol–water partition coefficient (Wildman–Crippen LogP) is 5.49. The van der Waals surface area contributed by atoms with Crippen LogP contribution < -0.4 is 15.4 Å². The molecule has 0 aliphatic heterocycles. The van der Waals surface area contributed by atoms with Crippen LogP contribution in [0.25, 0.3) is 0 Å². The van der Waals surface area contributed by atoms with Gasteiger partial charge >= 0.3 is 0 Å². The summed E-state index contributed by atoms with van der Waals surface area (Å²) in [6, 6.07) is 10.8. The lowest BCUT2D eigenvalue weighted by Crippen LogP contribution is -2.25. The highest BCUT2D eigenvalue weighted by molar-refractivity contribution is 6.32. The molecular formula is C23H27ClN2O3. The van der Waals surface area contributed by atoms with Crippen molar-refractivity contribution in [1.82, 2.24) is 0 Å². The summed E-state index contributed by atoms with van der Waals surface area (Å²) in [5, 5.41) is 6.47. The highest BCUT2D eigenvalue weighted by Crippen LogP contribution is 2.27. The van der Waals surface area contributed by atoms with Crippen LogP contribution in [0.3, 0.4) is 0 Å². The number of carbonyl (C=O) groups is 2. The van der Waals surface area contributed by atoms with Crippen molar-refractivity contribution >= 4 is 34.8 Å². The summed E-state index contributed by atoms with van der Waals surface area (Å²) in [6.45, 7) is 3.68. The summed E-state index contributed by atoms with van der Waals surface area (Å²) in [5.74, 6) is 0.478. The summed E-state index contributed by atoms with van der Waals surface area (Å²) >= 11 is 6.16. The number of amides is 2. The van der Waals surface area contributed by atoms with Gasteiger partial charge in [-0.2, -0.15) is 0 Å². The molecular weight excluding hydrogens is 388 g/mol. The molecule has 0 aromatic heterocycles.